The van der Waals surface area contributed by atoms with E-state index in [1.54, 1.807) is 0 Å². The molecule has 19 heavy (non-hydrogen) atoms. The van der Waals surface area contributed by atoms with Crippen LogP contribution in [0, 0.1) is 6.92 Å². The monoisotopic (exact) mass is 262 g/mol. The second-order valence-corrected chi connectivity index (χ2v) is 6.21. The Morgan fingerprint density at radius 1 is 1.26 bits per heavy atom. The molecule has 1 saturated carbocycles. The minimum atomic E-state index is 0.431. The Labute approximate surface area is 116 Å². The summed E-state index contributed by atoms with van der Waals surface area (Å²) in [5.41, 5.74) is 0.431. The predicted molar refractivity (Wildman–Crippen MR) is 77.2 cm³/mol. The predicted octanol–water partition coefficient (Wildman–Crippen LogP) is 1.80. The summed E-state index contributed by atoms with van der Waals surface area (Å²) in [5.74, 6) is 1.13. The molecule has 4 nitrogen and oxygen atoms in total. The lowest BCUT2D eigenvalue weighted by atomic mass is 9.97. The van der Waals surface area contributed by atoms with Gasteiger partial charge >= 0.3 is 0 Å². The van der Waals surface area contributed by atoms with Crippen LogP contribution in [0.3, 0.4) is 0 Å². The number of hydrogen-bond acceptors (Lipinski definition) is 3. The molecular formula is C15H26N4. The molecule has 1 aromatic heterocycles. The van der Waals surface area contributed by atoms with Crippen LogP contribution in [0.15, 0.2) is 12.4 Å². The molecule has 0 bridgehead atoms. The molecule has 4 heteroatoms. The van der Waals surface area contributed by atoms with E-state index >= 15 is 0 Å². The van der Waals surface area contributed by atoms with Crippen molar-refractivity contribution in [1.29, 1.82) is 0 Å². The van der Waals surface area contributed by atoms with Gasteiger partial charge in [-0.1, -0.05) is 12.8 Å². The lowest BCUT2D eigenvalue weighted by molar-refractivity contribution is 0.203. The van der Waals surface area contributed by atoms with Crippen LogP contribution in [-0.2, 0) is 6.54 Å². The molecule has 0 aromatic carbocycles. The molecule has 0 unspecified atom stereocenters. The van der Waals surface area contributed by atoms with E-state index in [1.807, 2.05) is 6.20 Å². The number of nitrogens with one attached hydrogen (secondary N) is 1. The summed E-state index contributed by atoms with van der Waals surface area (Å²) < 4.78 is 2.26. The first-order chi connectivity index (χ1) is 9.27. The third-order valence-corrected chi connectivity index (χ3v) is 4.82. The Morgan fingerprint density at radius 2 is 2.11 bits per heavy atom. The number of aryl methyl sites for hydroxylation is 1. The van der Waals surface area contributed by atoms with E-state index in [4.69, 9.17) is 0 Å². The summed E-state index contributed by atoms with van der Waals surface area (Å²) in [6.07, 6.45) is 10.8. The van der Waals surface area contributed by atoms with Crippen LogP contribution in [0.2, 0.25) is 0 Å². The molecule has 1 aliphatic carbocycles. The fourth-order valence-electron chi connectivity index (χ4n) is 3.69. The van der Waals surface area contributed by atoms with Gasteiger partial charge in [0.25, 0.3) is 0 Å². The molecule has 1 aliphatic heterocycles. The summed E-state index contributed by atoms with van der Waals surface area (Å²) in [6, 6.07) is 0. The lowest BCUT2D eigenvalue weighted by Gasteiger charge is -2.33. The van der Waals surface area contributed by atoms with E-state index < -0.39 is 0 Å². The average Bonchev–Trinajstić information content (AvgIpc) is 2.95. The summed E-state index contributed by atoms with van der Waals surface area (Å²) in [4.78, 5) is 6.96. The van der Waals surface area contributed by atoms with Crippen LogP contribution in [-0.4, -0.2) is 46.2 Å². The molecule has 1 N–H and O–H groups in total. The topological polar surface area (TPSA) is 33.1 Å². The second-order valence-electron chi connectivity index (χ2n) is 6.21. The molecule has 2 fully saturated rings. The zero-order valence-corrected chi connectivity index (χ0v) is 12.1. The molecule has 1 spiro atoms. The van der Waals surface area contributed by atoms with E-state index in [0.29, 0.717) is 5.54 Å². The maximum Gasteiger partial charge on any atom is 0.105 e. The van der Waals surface area contributed by atoms with Crippen molar-refractivity contribution in [2.24, 2.45) is 0 Å². The van der Waals surface area contributed by atoms with Crippen LogP contribution < -0.4 is 5.32 Å². The maximum absolute atomic E-state index is 4.30. The first-order valence-electron chi connectivity index (χ1n) is 7.73. The van der Waals surface area contributed by atoms with Crippen molar-refractivity contribution in [1.82, 2.24) is 19.8 Å². The number of nitrogens with zero attached hydrogens (tertiary/aromatic N) is 3. The van der Waals surface area contributed by atoms with Gasteiger partial charge in [-0.15, -0.1) is 0 Å². The molecule has 0 radical (unpaired) electrons. The standard InChI is InChI=1S/C15H26N4/c1-14-16-8-10-19(14)12-11-18-9-4-7-17-15(13-18)5-2-3-6-15/h8,10,17H,2-7,9,11-13H2,1H3. The maximum atomic E-state index is 4.30. The van der Waals surface area contributed by atoms with E-state index in [0.717, 1.165) is 18.9 Å². The Hall–Kier alpha value is -0.870. The molecule has 2 heterocycles. The number of aromatic nitrogens is 2. The summed E-state index contributed by atoms with van der Waals surface area (Å²) >= 11 is 0. The van der Waals surface area contributed by atoms with E-state index in [2.05, 4.69) is 32.9 Å². The Kier molecular flexibility index (Phi) is 3.89. The smallest absolute Gasteiger partial charge is 0.105 e. The van der Waals surface area contributed by atoms with Crippen LogP contribution in [0.4, 0.5) is 0 Å². The van der Waals surface area contributed by atoms with Gasteiger partial charge in [0.1, 0.15) is 5.82 Å². The normalized spacial score (nSPS) is 23.8. The van der Waals surface area contributed by atoms with Crippen molar-refractivity contribution in [2.45, 2.75) is 51.1 Å². The van der Waals surface area contributed by atoms with Gasteiger partial charge in [-0.2, -0.15) is 0 Å². The zero-order chi connectivity index (χ0) is 13.1. The zero-order valence-electron chi connectivity index (χ0n) is 12.1. The molecule has 3 rings (SSSR count). The van der Waals surface area contributed by atoms with E-state index in [9.17, 15) is 0 Å². The Morgan fingerprint density at radius 3 is 2.84 bits per heavy atom. The first kappa shape index (κ1) is 13.1. The third kappa shape index (κ3) is 3.00. The quantitative estimate of drug-likeness (QED) is 0.901. The van der Waals surface area contributed by atoms with Crippen molar-refractivity contribution >= 4 is 0 Å². The van der Waals surface area contributed by atoms with Crippen LogP contribution >= 0.6 is 0 Å². The molecule has 0 amide bonds. The van der Waals surface area contributed by atoms with Crippen LogP contribution in [0.25, 0.3) is 0 Å². The van der Waals surface area contributed by atoms with Crippen molar-refractivity contribution < 1.29 is 0 Å². The Balaban J connectivity index is 1.59. The van der Waals surface area contributed by atoms with Crippen LogP contribution in [0.1, 0.15) is 37.9 Å². The van der Waals surface area contributed by atoms with Crippen LogP contribution in [0.5, 0.6) is 0 Å². The third-order valence-electron chi connectivity index (χ3n) is 4.82. The molecular weight excluding hydrogens is 236 g/mol. The summed E-state index contributed by atoms with van der Waals surface area (Å²) in [5, 5.41) is 3.83. The molecule has 0 atom stereocenters. The number of hydrogen-bond donors (Lipinski definition) is 1. The summed E-state index contributed by atoms with van der Waals surface area (Å²) in [7, 11) is 0. The largest absolute Gasteiger partial charge is 0.334 e. The molecule has 2 aliphatic rings. The van der Waals surface area contributed by atoms with Gasteiger partial charge in [0.05, 0.1) is 0 Å². The van der Waals surface area contributed by atoms with Crippen molar-refractivity contribution in [3.05, 3.63) is 18.2 Å². The lowest BCUT2D eigenvalue weighted by Crippen LogP contribution is -2.49. The highest BCUT2D eigenvalue weighted by Crippen LogP contribution is 2.31. The fourth-order valence-corrected chi connectivity index (χ4v) is 3.69. The van der Waals surface area contributed by atoms with Gasteiger partial charge in [-0.3, -0.25) is 4.90 Å². The van der Waals surface area contributed by atoms with Crippen molar-refractivity contribution in [3.8, 4) is 0 Å². The minimum absolute atomic E-state index is 0.431. The van der Waals surface area contributed by atoms with Gasteiger partial charge < -0.3 is 9.88 Å². The highest BCUT2D eigenvalue weighted by atomic mass is 15.2. The van der Waals surface area contributed by atoms with E-state index in [-0.39, 0.29) is 0 Å². The van der Waals surface area contributed by atoms with Gasteiger partial charge in [0, 0.05) is 37.6 Å². The van der Waals surface area contributed by atoms with Crippen molar-refractivity contribution in [3.63, 3.8) is 0 Å². The minimum Gasteiger partial charge on any atom is -0.334 e. The number of imidazole rings is 1. The first-order valence-corrected chi connectivity index (χ1v) is 7.73. The fraction of sp³-hybridized carbons (Fsp3) is 0.800. The Bertz CT molecular complexity index is 406. The molecule has 1 saturated heterocycles. The van der Waals surface area contributed by atoms with Gasteiger partial charge in [0.15, 0.2) is 0 Å². The average molecular weight is 262 g/mol. The second kappa shape index (κ2) is 5.63. The SMILES string of the molecule is Cc1nccn1CCN1CCCNC2(CCCC2)C1. The van der Waals surface area contributed by atoms with E-state index in [1.165, 1.54) is 51.7 Å². The van der Waals surface area contributed by atoms with Gasteiger partial charge in [-0.25, -0.2) is 4.98 Å². The van der Waals surface area contributed by atoms with Gasteiger partial charge in [0.2, 0.25) is 0 Å². The van der Waals surface area contributed by atoms with Crippen molar-refractivity contribution in [2.75, 3.05) is 26.2 Å². The highest BCUT2D eigenvalue weighted by Gasteiger charge is 2.36. The molecule has 106 valence electrons. The highest BCUT2D eigenvalue weighted by molar-refractivity contribution is 4.97. The molecule has 1 aromatic rings. The number of rotatable bonds is 3. The summed E-state index contributed by atoms with van der Waals surface area (Å²) in [6.45, 7) is 7.98. The van der Waals surface area contributed by atoms with Gasteiger partial charge in [-0.05, 0) is 39.3 Å².